The first-order chi connectivity index (χ1) is 14.1. The van der Waals surface area contributed by atoms with E-state index >= 15 is 0 Å². The molecule has 0 spiro atoms. The van der Waals surface area contributed by atoms with Gasteiger partial charge in [0.2, 0.25) is 17.7 Å². The molecule has 1 aromatic carbocycles. The van der Waals surface area contributed by atoms with Crippen molar-refractivity contribution in [1.29, 1.82) is 0 Å². The van der Waals surface area contributed by atoms with Crippen molar-refractivity contribution >= 4 is 17.7 Å². The summed E-state index contributed by atoms with van der Waals surface area (Å²) in [6.45, 7) is 2.04. The predicted octanol–water partition coefficient (Wildman–Crippen LogP) is 2.40. The summed E-state index contributed by atoms with van der Waals surface area (Å²) in [6.07, 6.45) is 8.08. The van der Waals surface area contributed by atoms with Gasteiger partial charge in [-0.2, -0.15) is 0 Å². The number of allylic oxidation sites excluding steroid dienone is 2. The van der Waals surface area contributed by atoms with Crippen LogP contribution in [0.4, 0.5) is 0 Å². The van der Waals surface area contributed by atoms with Crippen molar-refractivity contribution in [1.82, 2.24) is 15.5 Å². The van der Waals surface area contributed by atoms with Gasteiger partial charge in [-0.1, -0.05) is 42.5 Å². The number of rotatable bonds is 4. The van der Waals surface area contributed by atoms with Gasteiger partial charge in [0.1, 0.15) is 0 Å². The maximum absolute atomic E-state index is 12.8. The summed E-state index contributed by atoms with van der Waals surface area (Å²) in [5.74, 6) is -0.0691. The summed E-state index contributed by atoms with van der Waals surface area (Å²) in [5, 5.41) is 5.92. The van der Waals surface area contributed by atoms with Crippen molar-refractivity contribution in [3.05, 3.63) is 48.0 Å². The minimum atomic E-state index is -0.165. The fourth-order valence-electron chi connectivity index (χ4n) is 3.98. The Bertz CT molecular complexity index is 724. The lowest BCUT2D eigenvalue weighted by Gasteiger charge is -2.26. The van der Waals surface area contributed by atoms with E-state index in [0.29, 0.717) is 45.4 Å². The molecule has 2 N–H and O–H groups in total. The molecule has 0 saturated carbocycles. The van der Waals surface area contributed by atoms with Gasteiger partial charge in [-0.25, -0.2) is 0 Å². The number of carbonyl (C=O) groups is 3. The number of hydrogen-bond acceptors (Lipinski definition) is 3. The zero-order chi connectivity index (χ0) is 20.5. The molecule has 0 aromatic heterocycles. The van der Waals surface area contributed by atoms with Crippen LogP contribution in [0.3, 0.4) is 0 Å². The fourth-order valence-corrected chi connectivity index (χ4v) is 3.98. The Morgan fingerprint density at radius 3 is 2.55 bits per heavy atom. The Morgan fingerprint density at radius 2 is 1.79 bits per heavy atom. The van der Waals surface area contributed by atoms with E-state index in [1.807, 2.05) is 35.2 Å². The molecule has 2 aliphatic rings. The molecule has 1 aliphatic carbocycles. The lowest BCUT2D eigenvalue weighted by molar-refractivity contribution is -0.135. The van der Waals surface area contributed by atoms with Gasteiger partial charge >= 0.3 is 0 Å². The van der Waals surface area contributed by atoms with Crippen LogP contribution in [-0.4, -0.2) is 42.3 Å². The zero-order valence-electron chi connectivity index (χ0n) is 16.9. The Labute approximate surface area is 172 Å². The molecule has 1 aromatic rings. The van der Waals surface area contributed by atoms with E-state index in [-0.39, 0.29) is 29.6 Å². The Hall–Kier alpha value is -2.63. The minimum Gasteiger partial charge on any atom is -0.356 e. The molecule has 1 aliphatic heterocycles. The molecular formula is C23H31N3O3. The van der Waals surface area contributed by atoms with E-state index in [1.54, 1.807) is 0 Å². The van der Waals surface area contributed by atoms with E-state index in [4.69, 9.17) is 0 Å². The van der Waals surface area contributed by atoms with Crippen molar-refractivity contribution in [2.24, 2.45) is 11.8 Å². The molecule has 156 valence electrons. The lowest BCUT2D eigenvalue weighted by atomic mass is 9.97. The number of hydrogen-bond donors (Lipinski definition) is 2. The third kappa shape index (κ3) is 6.44. The van der Waals surface area contributed by atoms with Gasteiger partial charge in [-0.05, 0) is 37.7 Å². The number of amides is 3. The van der Waals surface area contributed by atoms with Gasteiger partial charge in [0.15, 0.2) is 0 Å². The highest BCUT2D eigenvalue weighted by molar-refractivity contribution is 5.81. The smallest absolute Gasteiger partial charge is 0.226 e. The first-order valence-corrected chi connectivity index (χ1v) is 10.7. The van der Waals surface area contributed by atoms with Crippen molar-refractivity contribution in [2.75, 3.05) is 19.6 Å². The molecule has 6 heteroatoms. The average Bonchev–Trinajstić information content (AvgIpc) is 3.26. The summed E-state index contributed by atoms with van der Waals surface area (Å²) in [6, 6.07) is 9.83. The molecule has 1 saturated heterocycles. The molecule has 1 heterocycles. The molecule has 1 atom stereocenters. The van der Waals surface area contributed by atoms with Crippen molar-refractivity contribution in [3.63, 3.8) is 0 Å². The molecule has 1 unspecified atom stereocenters. The van der Waals surface area contributed by atoms with Crippen LogP contribution < -0.4 is 10.6 Å². The van der Waals surface area contributed by atoms with Gasteiger partial charge in [0, 0.05) is 44.4 Å². The van der Waals surface area contributed by atoms with E-state index in [1.165, 1.54) is 0 Å². The first kappa shape index (κ1) is 21.1. The highest BCUT2D eigenvalue weighted by atomic mass is 16.2. The minimum absolute atomic E-state index is 0.00755. The van der Waals surface area contributed by atoms with E-state index < -0.39 is 0 Å². The van der Waals surface area contributed by atoms with Crippen molar-refractivity contribution < 1.29 is 14.4 Å². The Balaban J connectivity index is 1.56. The van der Waals surface area contributed by atoms with E-state index in [0.717, 1.165) is 24.8 Å². The summed E-state index contributed by atoms with van der Waals surface area (Å²) in [4.78, 5) is 39.5. The normalized spacial score (nSPS) is 21.3. The van der Waals surface area contributed by atoms with Crippen LogP contribution in [0.15, 0.2) is 42.5 Å². The van der Waals surface area contributed by atoms with Crippen LogP contribution in [0.25, 0.3) is 0 Å². The molecular weight excluding hydrogens is 366 g/mol. The average molecular weight is 398 g/mol. The third-order valence-electron chi connectivity index (χ3n) is 5.75. The standard InChI is InChI=1S/C23H31N3O3/c27-21-13-16-26(23(29)20-9-4-5-10-20)15-6-11-19(12-14-24-21)22(28)25-17-18-7-2-1-3-8-18/h1-5,7-8,19-20H,6,9-17H2,(H,24,27)(H,25,28). The highest BCUT2D eigenvalue weighted by Gasteiger charge is 2.26. The molecule has 0 bridgehead atoms. The summed E-state index contributed by atoms with van der Waals surface area (Å²) in [7, 11) is 0. The Morgan fingerprint density at radius 1 is 1.03 bits per heavy atom. The maximum Gasteiger partial charge on any atom is 0.226 e. The monoisotopic (exact) mass is 397 g/mol. The van der Waals surface area contributed by atoms with E-state index in [9.17, 15) is 14.4 Å². The lowest BCUT2D eigenvalue weighted by Crippen LogP contribution is -2.38. The summed E-state index contributed by atoms with van der Waals surface area (Å²) < 4.78 is 0. The van der Waals surface area contributed by atoms with Gasteiger partial charge in [-0.15, -0.1) is 0 Å². The first-order valence-electron chi connectivity index (χ1n) is 10.7. The summed E-state index contributed by atoms with van der Waals surface area (Å²) in [5.41, 5.74) is 1.06. The quantitative estimate of drug-likeness (QED) is 0.766. The number of carbonyl (C=O) groups excluding carboxylic acids is 3. The van der Waals surface area contributed by atoms with Crippen LogP contribution in [0.5, 0.6) is 0 Å². The molecule has 6 nitrogen and oxygen atoms in total. The Kier molecular flexibility index (Phi) is 7.85. The fraction of sp³-hybridized carbons (Fsp3) is 0.522. The van der Waals surface area contributed by atoms with Crippen LogP contribution in [0.1, 0.15) is 44.1 Å². The largest absolute Gasteiger partial charge is 0.356 e. The topological polar surface area (TPSA) is 78.5 Å². The zero-order valence-corrected chi connectivity index (χ0v) is 16.9. The van der Waals surface area contributed by atoms with Crippen molar-refractivity contribution in [2.45, 2.75) is 45.1 Å². The maximum atomic E-state index is 12.8. The summed E-state index contributed by atoms with van der Waals surface area (Å²) >= 11 is 0. The van der Waals surface area contributed by atoms with Crippen LogP contribution in [0.2, 0.25) is 0 Å². The second-order valence-electron chi connectivity index (χ2n) is 7.90. The number of nitrogens with one attached hydrogen (secondary N) is 2. The number of benzene rings is 1. The van der Waals surface area contributed by atoms with Crippen LogP contribution >= 0.6 is 0 Å². The third-order valence-corrected chi connectivity index (χ3v) is 5.75. The molecule has 1 fully saturated rings. The van der Waals surface area contributed by atoms with Crippen molar-refractivity contribution in [3.8, 4) is 0 Å². The second kappa shape index (κ2) is 10.8. The number of nitrogens with zero attached hydrogens (tertiary/aromatic N) is 1. The van der Waals surface area contributed by atoms with Gasteiger partial charge < -0.3 is 15.5 Å². The van der Waals surface area contributed by atoms with Crippen LogP contribution in [0, 0.1) is 11.8 Å². The molecule has 0 radical (unpaired) electrons. The van der Waals surface area contributed by atoms with E-state index in [2.05, 4.69) is 22.8 Å². The molecule has 3 rings (SSSR count). The molecule has 3 amide bonds. The van der Waals surface area contributed by atoms with Gasteiger partial charge in [0.25, 0.3) is 0 Å². The highest BCUT2D eigenvalue weighted by Crippen LogP contribution is 2.22. The SMILES string of the molecule is O=C1CCN(C(=O)C2CC=CC2)CCCC(C(=O)NCc2ccccc2)CCN1. The predicted molar refractivity (Wildman–Crippen MR) is 112 cm³/mol. The van der Waals surface area contributed by atoms with Crippen LogP contribution in [-0.2, 0) is 20.9 Å². The van der Waals surface area contributed by atoms with Gasteiger partial charge in [0.05, 0.1) is 0 Å². The second-order valence-corrected chi connectivity index (χ2v) is 7.90. The van der Waals surface area contributed by atoms with Gasteiger partial charge in [-0.3, -0.25) is 14.4 Å². The molecule has 29 heavy (non-hydrogen) atoms.